The molecule has 31 heavy (non-hydrogen) atoms. The lowest BCUT2D eigenvalue weighted by Crippen LogP contribution is -2.45. The summed E-state index contributed by atoms with van der Waals surface area (Å²) in [7, 11) is -2.51. The van der Waals surface area contributed by atoms with E-state index in [1.54, 1.807) is 4.90 Å². The highest BCUT2D eigenvalue weighted by Gasteiger charge is 2.31. The van der Waals surface area contributed by atoms with Crippen molar-refractivity contribution in [3.8, 4) is 5.75 Å². The summed E-state index contributed by atoms with van der Waals surface area (Å²) in [6, 6.07) is 4.27. The first-order valence-electron chi connectivity index (χ1n) is 10.6. The highest BCUT2D eigenvalue weighted by molar-refractivity contribution is 7.89. The standard InChI is InChI=1S/C21H30N2O7S/c1-3-17-6-4-5-9-23(17)20(24)15-30-21(25)16-7-8-18(28-2)19(14-16)31(26,27)22-10-12-29-13-11-22/h7-8,14,17H,3-6,9-13,15H2,1-2H3. The summed E-state index contributed by atoms with van der Waals surface area (Å²) < 4.78 is 43.1. The second kappa shape index (κ2) is 10.4. The maximum atomic E-state index is 13.1. The molecule has 0 saturated carbocycles. The van der Waals surface area contributed by atoms with E-state index >= 15 is 0 Å². The number of esters is 1. The molecular weight excluding hydrogens is 424 g/mol. The molecule has 0 N–H and O–H groups in total. The van der Waals surface area contributed by atoms with Crippen LogP contribution >= 0.6 is 0 Å². The van der Waals surface area contributed by atoms with Gasteiger partial charge in [-0.25, -0.2) is 13.2 Å². The van der Waals surface area contributed by atoms with Crippen molar-refractivity contribution >= 4 is 21.9 Å². The van der Waals surface area contributed by atoms with Gasteiger partial charge in [0.2, 0.25) is 10.0 Å². The minimum absolute atomic E-state index is 0.0473. The van der Waals surface area contributed by atoms with E-state index in [-0.39, 0.29) is 47.9 Å². The largest absolute Gasteiger partial charge is 0.495 e. The summed E-state index contributed by atoms with van der Waals surface area (Å²) in [4.78, 5) is 26.8. The van der Waals surface area contributed by atoms with Crippen molar-refractivity contribution < 1.29 is 32.2 Å². The van der Waals surface area contributed by atoms with E-state index < -0.39 is 16.0 Å². The molecule has 0 aliphatic carbocycles. The van der Waals surface area contributed by atoms with Crippen LogP contribution in [0.25, 0.3) is 0 Å². The molecule has 2 heterocycles. The monoisotopic (exact) mass is 454 g/mol. The fraction of sp³-hybridized carbons (Fsp3) is 0.619. The molecule has 1 unspecified atom stereocenters. The minimum Gasteiger partial charge on any atom is -0.495 e. The van der Waals surface area contributed by atoms with Crippen LogP contribution in [-0.4, -0.2) is 82.1 Å². The second-order valence-electron chi connectivity index (χ2n) is 7.60. The summed E-state index contributed by atoms with van der Waals surface area (Å²) in [5, 5.41) is 0. The van der Waals surface area contributed by atoms with E-state index in [0.717, 1.165) is 25.7 Å². The van der Waals surface area contributed by atoms with Crippen LogP contribution in [-0.2, 0) is 24.3 Å². The van der Waals surface area contributed by atoms with Crippen LogP contribution in [0.1, 0.15) is 43.0 Å². The van der Waals surface area contributed by atoms with Crippen LogP contribution in [0.5, 0.6) is 5.75 Å². The van der Waals surface area contributed by atoms with Gasteiger partial charge in [-0.1, -0.05) is 6.92 Å². The van der Waals surface area contributed by atoms with Crippen molar-refractivity contribution in [2.75, 3.05) is 46.6 Å². The van der Waals surface area contributed by atoms with Crippen LogP contribution in [0.4, 0.5) is 0 Å². The summed E-state index contributed by atoms with van der Waals surface area (Å²) in [6.45, 7) is 3.40. The van der Waals surface area contributed by atoms with Gasteiger partial charge in [0.1, 0.15) is 10.6 Å². The predicted molar refractivity (Wildman–Crippen MR) is 112 cm³/mol. The molecule has 10 heteroatoms. The van der Waals surface area contributed by atoms with E-state index in [9.17, 15) is 18.0 Å². The third-order valence-electron chi connectivity index (χ3n) is 5.73. The van der Waals surface area contributed by atoms with E-state index in [4.69, 9.17) is 14.2 Å². The molecule has 1 aromatic carbocycles. The molecule has 1 aromatic rings. The number of ether oxygens (including phenoxy) is 3. The lowest BCUT2D eigenvalue weighted by atomic mass is 10.00. The number of nitrogens with zero attached hydrogens (tertiary/aromatic N) is 2. The maximum Gasteiger partial charge on any atom is 0.338 e. The Morgan fingerprint density at radius 3 is 2.58 bits per heavy atom. The number of benzene rings is 1. The average molecular weight is 455 g/mol. The first-order chi connectivity index (χ1) is 14.9. The highest BCUT2D eigenvalue weighted by Crippen LogP contribution is 2.29. The zero-order valence-electron chi connectivity index (χ0n) is 18.0. The number of methoxy groups -OCH3 is 1. The number of carbonyl (C=O) groups is 2. The van der Waals surface area contributed by atoms with Gasteiger partial charge in [0.15, 0.2) is 6.61 Å². The molecule has 0 bridgehead atoms. The van der Waals surface area contributed by atoms with Gasteiger partial charge in [0, 0.05) is 25.7 Å². The van der Waals surface area contributed by atoms with Gasteiger partial charge in [0.05, 0.1) is 25.9 Å². The Balaban J connectivity index is 1.73. The molecule has 2 aliphatic rings. The highest BCUT2D eigenvalue weighted by atomic mass is 32.2. The fourth-order valence-electron chi connectivity index (χ4n) is 3.98. The quantitative estimate of drug-likeness (QED) is 0.578. The van der Waals surface area contributed by atoms with Crippen molar-refractivity contribution in [2.24, 2.45) is 0 Å². The molecule has 0 aromatic heterocycles. The Labute approximate surface area is 183 Å². The van der Waals surface area contributed by atoms with Crippen molar-refractivity contribution in [1.82, 2.24) is 9.21 Å². The van der Waals surface area contributed by atoms with E-state index in [0.29, 0.717) is 19.8 Å². The van der Waals surface area contributed by atoms with E-state index in [1.165, 1.54) is 29.6 Å². The van der Waals surface area contributed by atoms with Gasteiger partial charge in [-0.05, 0) is 43.9 Å². The topological polar surface area (TPSA) is 102 Å². The number of hydrogen-bond acceptors (Lipinski definition) is 7. The average Bonchev–Trinajstić information content (AvgIpc) is 2.82. The van der Waals surface area contributed by atoms with Gasteiger partial charge in [-0.2, -0.15) is 4.31 Å². The van der Waals surface area contributed by atoms with Crippen LogP contribution in [0, 0.1) is 0 Å². The number of sulfonamides is 1. The normalized spacial score (nSPS) is 20.3. The van der Waals surface area contributed by atoms with Crippen molar-refractivity contribution in [3.63, 3.8) is 0 Å². The molecular formula is C21H30N2O7S. The number of amides is 1. The molecule has 0 radical (unpaired) electrons. The zero-order valence-corrected chi connectivity index (χ0v) is 18.9. The number of hydrogen-bond donors (Lipinski definition) is 0. The molecule has 0 spiro atoms. The third-order valence-corrected chi connectivity index (χ3v) is 7.65. The number of piperidine rings is 1. The summed E-state index contributed by atoms with van der Waals surface area (Å²) >= 11 is 0. The molecule has 172 valence electrons. The van der Waals surface area contributed by atoms with Crippen molar-refractivity contribution in [1.29, 1.82) is 0 Å². The number of likely N-dealkylation sites (tertiary alicyclic amines) is 1. The van der Waals surface area contributed by atoms with Gasteiger partial charge < -0.3 is 19.1 Å². The Morgan fingerprint density at radius 2 is 1.90 bits per heavy atom. The van der Waals surface area contributed by atoms with Gasteiger partial charge >= 0.3 is 5.97 Å². The Morgan fingerprint density at radius 1 is 1.16 bits per heavy atom. The first-order valence-corrected chi connectivity index (χ1v) is 12.0. The SMILES string of the molecule is CCC1CCCCN1C(=O)COC(=O)c1ccc(OC)c(S(=O)(=O)N2CCOCC2)c1. The Hall–Kier alpha value is -2.17. The van der Waals surface area contributed by atoms with Gasteiger partial charge in [-0.15, -0.1) is 0 Å². The van der Waals surface area contributed by atoms with Crippen LogP contribution in [0.3, 0.4) is 0 Å². The zero-order chi connectivity index (χ0) is 22.4. The van der Waals surface area contributed by atoms with Crippen LogP contribution in [0.15, 0.2) is 23.1 Å². The molecule has 2 fully saturated rings. The maximum absolute atomic E-state index is 13.1. The number of carbonyl (C=O) groups excluding carboxylic acids is 2. The van der Waals surface area contributed by atoms with Gasteiger partial charge in [0.25, 0.3) is 5.91 Å². The smallest absolute Gasteiger partial charge is 0.338 e. The molecule has 2 aliphatic heterocycles. The lowest BCUT2D eigenvalue weighted by molar-refractivity contribution is -0.138. The Kier molecular flexibility index (Phi) is 7.90. The van der Waals surface area contributed by atoms with E-state index in [1.807, 2.05) is 6.92 Å². The molecule has 3 rings (SSSR count). The lowest BCUT2D eigenvalue weighted by Gasteiger charge is -2.35. The summed E-state index contributed by atoms with van der Waals surface area (Å²) in [5.74, 6) is -0.840. The number of rotatable bonds is 7. The summed E-state index contributed by atoms with van der Waals surface area (Å²) in [5.41, 5.74) is 0.0473. The fourth-order valence-corrected chi connectivity index (χ4v) is 5.57. The molecule has 2 saturated heterocycles. The van der Waals surface area contributed by atoms with E-state index in [2.05, 4.69) is 0 Å². The Bertz CT molecular complexity index is 897. The second-order valence-corrected chi connectivity index (χ2v) is 9.51. The third kappa shape index (κ3) is 5.36. The minimum atomic E-state index is -3.87. The predicted octanol–water partition coefficient (Wildman–Crippen LogP) is 1.66. The molecule has 1 atom stereocenters. The number of morpholine rings is 1. The van der Waals surface area contributed by atoms with Crippen LogP contribution in [0.2, 0.25) is 0 Å². The summed E-state index contributed by atoms with van der Waals surface area (Å²) in [6.07, 6.45) is 3.85. The van der Waals surface area contributed by atoms with Crippen molar-refractivity contribution in [3.05, 3.63) is 23.8 Å². The molecule has 9 nitrogen and oxygen atoms in total. The van der Waals surface area contributed by atoms with Crippen LogP contribution < -0.4 is 4.74 Å². The van der Waals surface area contributed by atoms with Gasteiger partial charge in [-0.3, -0.25) is 4.79 Å². The first kappa shape index (κ1) is 23.5. The molecule has 1 amide bonds. The van der Waals surface area contributed by atoms with Crippen molar-refractivity contribution in [2.45, 2.75) is 43.5 Å².